The van der Waals surface area contributed by atoms with Crippen molar-refractivity contribution < 1.29 is 9.47 Å². The fourth-order valence-corrected chi connectivity index (χ4v) is 1.99. The fraction of sp³-hybridized carbons (Fsp3) is 0.632. The molecule has 0 aliphatic carbocycles. The molecule has 1 aromatic carbocycles. The van der Waals surface area contributed by atoms with Crippen molar-refractivity contribution in [2.75, 3.05) is 47.4 Å². The van der Waals surface area contributed by atoms with Crippen LogP contribution in [0.5, 0.6) is 5.75 Å². The molecule has 26 heavy (non-hydrogen) atoms. The Balaban J connectivity index is 0.00000625. The van der Waals surface area contributed by atoms with Crippen LogP contribution in [0.15, 0.2) is 29.3 Å². The van der Waals surface area contributed by atoms with Crippen LogP contribution in [0, 0.1) is 0 Å². The summed E-state index contributed by atoms with van der Waals surface area (Å²) in [5.74, 6) is 1.66. The normalized spacial score (nSPS) is 11.9. The first kappa shape index (κ1) is 24.9. The van der Waals surface area contributed by atoms with Crippen LogP contribution in [-0.2, 0) is 11.3 Å². The van der Waals surface area contributed by atoms with Crippen LogP contribution in [0.3, 0.4) is 0 Å². The van der Waals surface area contributed by atoms with Gasteiger partial charge in [-0.15, -0.1) is 24.0 Å². The number of ether oxygens (including phenoxy) is 2. The minimum Gasteiger partial charge on any atom is -0.492 e. The van der Waals surface area contributed by atoms with Crippen molar-refractivity contribution in [2.45, 2.75) is 32.9 Å². The van der Waals surface area contributed by atoms with Gasteiger partial charge in [0.05, 0.1) is 12.1 Å². The molecule has 0 bridgehead atoms. The minimum absolute atomic E-state index is 0. The maximum absolute atomic E-state index is 5.90. The smallest absolute Gasteiger partial charge is 0.191 e. The predicted molar refractivity (Wildman–Crippen MR) is 120 cm³/mol. The first-order valence-corrected chi connectivity index (χ1v) is 8.80. The number of likely N-dealkylation sites (N-methyl/N-ethyl adjacent to an activating group) is 1. The summed E-state index contributed by atoms with van der Waals surface area (Å²) in [5, 5.41) is 6.59. The lowest BCUT2D eigenvalue weighted by Crippen LogP contribution is -2.45. The Morgan fingerprint density at radius 3 is 2.50 bits per heavy atom. The lowest BCUT2D eigenvalue weighted by molar-refractivity contribution is 0.0268. The monoisotopic (exact) mass is 478 g/mol. The van der Waals surface area contributed by atoms with E-state index in [4.69, 9.17) is 9.47 Å². The van der Waals surface area contributed by atoms with Crippen LogP contribution in [0.25, 0.3) is 0 Å². The van der Waals surface area contributed by atoms with Crippen molar-refractivity contribution in [2.24, 2.45) is 4.99 Å². The zero-order valence-electron chi connectivity index (χ0n) is 17.0. The molecule has 1 rings (SSSR count). The Bertz CT molecular complexity index is 536. The third-order valence-corrected chi connectivity index (χ3v) is 3.75. The molecule has 0 fully saturated rings. The van der Waals surface area contributed by atoms with E-state index in [1.165, 1.54) is 0 Å². The molecule has 0 saturated carbocycles. The molecule has 150 valence electrons. The van der Waals surface area contributed by atoms with Crippen LogP contribution in [0.1, 0.15) is 26.3 Å². The molecule has 0 amide bonds. The molecular weight excluding hydrogens is 443 g/mol. The van der Waals surface area contributed by atoms with Crippen molar-refractivity contribution >= 4 is 29.9 Å². The molecule has 0 aromatic heterocycles. The van der Waals surface area contributed by atoms with E-state index in [9.17, 15) is 0 Å². The molecule has 1 aromatic rings. The molecular formula is C19H35IN4O2. The Morgan fingerprint density at radius 1 is 1.19 bits per heavy atom. The van der Waals surface area contributed by atoms with Gasteiger partial charge in [-0.2, -0.15) is 0 Å². The number of guanidine groups is 1. The van der Waals surface area contributed by atoms with Gasteiger partial charge in [0.25, 0.3) is 0 Å². The average molecular weight is 478 g/mol. The second kappa shape index (κ2) is 13.2. The number of methoxy groups -OCH3 is 1. The Hall–Kier alpha value is -1.06. The number of aliphatic imine (C=N–C) groups is 1. The Morgan fingerprint density at radius 2 is 1.88 bits per heavy atom. The second-order valence-electron chi connectivity index (χ2n) is 6.77. The standard InChI is InChI=1S/C19H34N4O2.HI/c1-7-20-18(22-15-19(2,3)24-6)21-14-16-10-8-9-11-17(16)25-13-12-23(4)5;/h8-11H,7,12-15H2,1-6H3,(H2,20,21,22);1H. The number of rotatable bonds is 10. The summed E-state index contributed by atoms with van der Waals surface area (Å²) in [5.41, 5.74) is 0.827. The van der Waals surface area contributed by atoms with Crippen molar-refractivity contribution in [1.29, 1.82) is 0 Å². The van der Waals surface area contributed by atoms with Gasteiger partial charge in [-0.05, 0) is 40.9 Å². The van der Waals surface area contributed by atoms with E-state index in [2.05, 4.69) is 33.5 Å². The van der Waals surface area contributed by atoms with Gasteiger partial charge in [0.1, 0.15) is 12.4 Å². The maximum atomic E-state index is 5.90. The zero-order valence-corrected chi connectivity index (χ0v) is 19.3. The molecule has 0 saturated heterocycles. The van der Waals surface area contributed by atoms with Crippen LogP contribution in [0.2, 0.25) is 0 Å². The zero-order chi connectivity index (χ0) is 18.7. The Kier molecular flexibility index (Phi) is 12.6. The molecule has 0 unspecified atom stereocenters. The summed E-state index contributed by atoms with van der Waals surface area (Å²) in [6.45, 7) is 9.71. The van der Waals surface area contributed by atoms with Crippen LogP contribution in [0.4, 0.5) is 0 Å². The van der Waals surface area contributed by atoms with E-state index in [0.29, 0.717) is 19.7 Å². The van der Waals surface area contributed by atoms with Crippen LogP contribution in [-0.4, -0.2) is 63.9 Å². The van der Waals surface area contributed by atoms with E-state index in [1.54, 1.807) is 7.11 Å². The van der Waals surface area contributed by atoms with Gasteiger partial charge in [0.15, 0.2) is 5.96 Å². The third kappa shape index (κ3) is 10.2. The lowest BCUT2D eigenvalue weighted by Gasteiger charge is -2.24. The Labute approximate surface area is 175 Å². The highest BCUT2D eigenvalue weighted by atomic mass is 127. The molecule has 0 aliphatic rings. The second-order valence-corrected chi connectivity index (χ2v) is 6.77. The van der Waals surface area contributed by atoms with Crippen LogP contribution < -0.4 is 15.4 Å². The van der Waals surface area contributed by atoms with Crippen molar-refractivity contribution in [1.82, 2.24) is 15.5 Å². The van der Waals surface area contributed by atoms with Gasteiger partial charge in [-0.3, -0.25) is 0 Å². The third-order valence-electron chi connectivity index (χ3n) is 3.75. The molecule has 0 heterocycles. The van der Waals surface area contributed by atoms with Gasteiger partial charge in [-0.25, -0.2) is 4.99 Å². The summed E-state index contributed by atoms with van der Waals surface area (Å²) in [6.07, 6.45) is 0. The topological polar surface area (TPSA) is 58.1 Å². The summed E-state index contributed by atoms with van der Waals surface area (Å²) in [7, 11) is 5.79. The van der Waals surface area contributed by atoms with E-state index < -0.39 is 0 Å². The number of nitrogens with zero attached hydrogens (tertiary/aromatic N) is 2. The summed E-state index contributed by atoms with van der Waals surface area (Å²) >= 11 is 0. The minimum atomic E-state index is -0.247. The van der Waals surface area contributed by atoms with Crippen molar-refractivity contribution in [3.63, 3.8) is 0 Å². The molecule has 0 atom stereocenters. The number of para-hydroxylation sites is 1. The summed E-state index contributed by atoms with van der Waals surface area (Å²) in [6, 6.07) is 8.05. The highest BCUT2D eigenvalue weighted by Gasteiger charge is 2.16. The van der Waals surface area contributed by atoms with Crippen LogP contribution >= 0.6 is 24.0 Å². The van der Waals surface area contributed by atoms with Gasteiger partial charge in [0, 0.05) is 32.3 Å². The number of hydrogen-bond donors (Lipinski definition) is 2. The quantitative estimate of drug-likeness (QED) is 0.308. The van der Waals surface area contributed by atoms with E-state index >= 15 is 0 Å². The van der Waals surface area contributed by atoms with Gasteiger partial charge < -0.3 is 25.0 Å². The average Bonchev–Trinajstić information content (AvgIpc) is 2.58. The molecule has 6 nitrogen and oxygen atoms in total. The summed E-state index contributed by atoms with van der Waals surface area (Å²) < 4.78 is 11.3. The van der Waals surface area contributed by atoms with E-state index in [1.807, 2.05) is 46.1 Å². The highest BCUT2D eigenvalue weighted by molar-refractivity contribution is 14.0. The molecule has 0 spiro atoms. The first-order chi connectivity index (χ1) is 11.9. The number of benzene rings is 1. The molecule has 0 aliphatic heterocycles. The van der Waals surface area contributed by atoms with Crippen molar-refractivity contribution in [3.05, 3.63) is 29.8 Å². The van der Waals surface area contributed by atoms with Crippen molar-refractivity contribution in [3.8, 4) is 5.75 Å². The molecule has 0 radical (unpaired) electrons. The number of hydrogen-bond acceptors (Lipinski definition) is 4. The SMILES string of the molecule is CCNC(=NCc1ccccc1OCCN(C)C)NCC(C)(C)OC.I. The van der Waals surface area contributed by atoms with Gasteiger partial charge >= 0.3 is 0 Å². The predicted octanol–water partition coefficient (Wildman–Crippen LogP) is 2.73. The highest BCUT2D eigenvalue weighted by Crippen LogP contribution is 2.18. The number of halogens is 1. The van der Waals surface area contributed by atoms with E-state index in [0.717, 1.165) is 30.4 Å². The maximum Gasteiger partial charge on any atom is 0.191 e. The summed E-state index contributed by atoms with van der Waals surface area (Å²) in [4.78, 5) is 6.78. The number of nitrogens with one attached hydrogen (secondary N) is 2. The molecule has 2 N–H and O–H groups in total. The fourth-order valence-electron chi connectivity index (χ4n) is 1.99. The van der Waals surface area contributed by atoms with Gasteiger partial charge in [-0.1, -0.05) is 18.2 Å². The first-order valence-electron chi connectivity index (χ1n) is 8.80. The lowest BCUT2D eigenvalue weighted by atomic mass is 10.1. The molecule has 7 heteroatoms. The van der Waals surface area contributed by atoms with Gasteiger partial charge in [0.2, 0.25) is 0 Å². The van der Waals surface area contributed by atoms with E-state index in [-0.39, 0.29) is 29.6 Å². The largest absolute Gasteiger partial charge is 0.492 e.